The van der Waals surface area contributed by atoms with Crippen LogP contribution in [0.2, 0.25) is 0 Å². The lowest BCUT2D eigenvalue weighted by Crippen LogP contribution is -2.14. The molecule has 6 nitrogen and oxygen atoms in total. The highest BCUT2D eigenvalue weighted by Crippen LogP contribution is 2.38. The summed E-state index contributed by atoms with van der Waals surface area (Å²) in [4.78, 5) is 26.3. The van der Waals surface area contributed by atoms with E-state index in [1.807, 2.05) is 24.5 Å². The van der Waals surface area contributed by atoms with Gasteiger partial charge in [0.2, 0.25) is 0 Å². The lowest BCUT2D eigenvalue weighted by atomic mass is 9.85. The molecule has 0 aliphatic heterocycles. The van der Waals surface area contributed by atoms with E-state index in [9.17, 15) is 4.79 Å². The molecule has 2 aromatic carbocycles. The van der Waals surface area contributed by atoms with E-state index in [0.29, 0.717) is 22.1 Å². The standard InChI is InChI=1S/C35H32N4O2/c1-34(2,3)20-16-24(37-30(17-20)39-26-11-8-7-10-21(26)22-19-36-15-14-27(22)39)25-18-23(35(4,5)6)33-32(38-25)31-28(40)12-9-13-29(31)41-33/h7-19,38H,1-6H3. The molecule has 0 bridgehead atoms. The molecule has 0 radical (unpaired) electrons. The first-order valence-corrected chi connectivity index (χ1v) is 14.0. The zero-order chi connectivity index (χ0) is 28.7. The summed E-state index contributed by atoms with van der Waals surface area (Å²) in [6, 6.07) is 22.1. The smallest absolute Gasteiger partial charge is 0.191 e. The summed E-state index contributed by atoms with van der Waals surface area (Å²) in [5.74, 6) is 0.831. The van der Waals surface area contributed by atoms with Gasteiger partial charge in [0.15, 0.2) is 11.0 Å². The third kappa shape index (κ3) is 3.97. The fourth-order valence-electron chi connectivity index (χ4n) is 5.77. The average molecular weight is 541 g/mol. The van der Waals surface area contributed by atoms with E-state index in [4.69, 9.17) is 9.40 Å². The molecule has 0 fully saturated rings. The van der Waals surface area contributed by atoms with Crippen LogP contribution in [-0.4, -0.2) is 19.5 Å². The van der Waals surface area contributed by atoms with Gasteiger partial charge in [-0.05, 0) is 58.9 Å². The summed E-state index contributed by atoms with van der Waals surface area (Å²) < 4.78 is 8.50. The van der Waals surface area contributed by atoms with E-state index in [1.165, 1.54) is 0 Å². The Bertz CT molecular complexity index is 2150. The van der Waals surface area contributed by atoms with E-state index in [1.54, 1.807) is 12.1 Å². The molecule has 0 spiro atoms. The molecular formula is C35H32N4O2. The van der Waals surface area contributed by atoms with Crippen LogP contribution in [0, 0.1) is 0 Å². The molecule has 204 valence electrons. The van der Waals surface area contributed by atoms with Crippen LogP contribution in [-0.2, 0) is 10.8 Å². The molecule has 5 heterocycles. The monoisotopic (exact) mass is 540 g/mol. The molecule has 0 aliphatic carbocycles. The van der Waals surface area contributed by atoms with Crippen molar-refractivity contribution in [1.82, 2.24) is 19.5 Å². The van der Waals surface area contributed by atoms with Gasteiger partial charge in [-0.25, -0.2) is 4.98 Å². The normalized spacial score (nSPS) is 12.7. The topological polar surface area (TPSA) is 76.7 Å². The Balaban J connectivity index is 1.58. The molecule has 0 saturated carbocycles. The molecule has 5 aromatic heterocycles. The predicted molar refractivity (Wildman–Crippen MR) is 167 cm³/mol. The zero-order valence-corrected chi connectivity index (χ0v) is 24.2. The number of pyridine rings is 3. The van der Waals surface area contributed by atoms with Crippen molar-refractivity contribution in [2.24, 2.45) is 0 Å². The fraction of sp³-hybridized carbons (Fsp3) is 0.229. The number of fused-ring (bicyclic) bond motifs is 6. The molecule has 0 atom stereocenters. The highest BCUT2D eigenvalue weighted by molar-refractivity contribution is 6.08. The first-order valence-electron chi connectivity index (χ1n) is 14.0. The van der Waals surface area contributed by atoms with Gasteiger partial charge in [-0.3, -0.25) is 14.3 Å². The number of aromatic amines is 1. The number of benzene rings is 2. The van der Waals surface area contributed by atoms with Crippen molar-refractivity contribution in [2.45, 2.75) is 52.4 Å². The first-order chi connectivity index (χ1) is 19.5. The Hall–Kier alpha value is -4.71. The van der Waals surface area contributed by atoms with E-state index >= 15 is 0 Å². The Morgan fingerprint density at radius 1 is 0.829 bits per heavy atom. The maximum absolute atomic E-state index is 13.0. The van der Waals surface area contributed by atoms with Gasteiger partial charge in [0.1, 0.15) is 11.4 Å². The largest absolute Gasteiger partial charge is 0.454 e. The van der Waals surface area contributed by atoms with Gasteiger partial charge in [-0.15, -0.1) is 0 Å². The quantitative estimate of drug-likeness (QED) is 0.239. The summed E-state index contributed by atoms with van der Waals surface area (Å²) in [6.45, 7) is 13.1. The maximum Gasteiger partial charge on any atom is 0.191 e. The highest BCUT2D eigenvalue weighted by Gasteiger charge is 2.25. The second-order valence-electron chi connectivity index (χ2n) is 12.9. The van der Waals surface area contributed by atoms with Gasteiger partial charge < -0.3 is 9.40 Å². The fourth-order valence-corrected chi connectivity index (χ4v) is 5.77. The summed E-state index contributed by atoms with van der Waals surface area (Å²) in [5, 5.41) is 2.79. The van der Waals surface area contributed by atoms with Crippen molar-refractivity contribution in [1.29, 1.82) is 0 Å². The number of nitrogens with zero attached hydrogens (tertiary/aromatic N) is 3. The maximum atomic E-state index is 13.0. The van der Waals surface area contributed by atoms with Crippen LogP contribution in [0.3, 0.4) is 0 Å². The van der Waals surface area contributed by atoms with Crippen molar-refractivity contribution in [3.8, 4) is 17.2 Å². The van der Waals surface area contributed by atoms with Crippen LogP contribution in [0.1, 0.15) is 52.7 Å². The lowest BCUT2D eigenvalue weighted by molar-refractivity contribution is 0.572. The summed E-state index contributed by atoms with van der Waals surface area (Å²) >= 11 is 0. The summed E-state index contributed by atoms with van der Waals surface area (Å²) in [6.07, 6.45) is 3.75. The number of nitrogens with one attached hydrogen (secondary N) is 1. The van der Waals surface area contributed by atoms with Gasteiger partial charge in [0, 0.05) is 28.7 Å². The minimum absolute atomic E-state index is 0.0644. The number of para-hydroxylation sites is 1. The molecule has 7 aromatic rings. The van der Waals surface area contributed by atoms with Crippen LogP contribution in [0.4, 0.5) is 0 Å². The molecule has 7 rings (SSSR count). The van der Waals surface area contributed by atoms with Crippen LogP contribution >= 0.6 is 0 Å². The second kappa shape index (κ2) is 8.64. The molecule has 1 N–H and O–H groups in total. The van der Waals surface area contributed by atoms with Gasteiger partial charge in [0.25, 0.3) is 0 Å². The Labute approximate surface area is 237 Å². The van der Waals surface area contributed by atoms with Crippen molar-refractivity contribution in [2.75, 3.05) is 0 Å². The summed E-state index contributed by atoms with van der Waals surface area (Å²) in [5.41, 5.74) is 7.52. The minimum atomic E-state index is -0.233. The van der Waals surface area contributed by atoms with Crippen LogP contribution in [0.15, 0.2) is 88.3 Å². The SMILES string of the molecule is CC(C)(C)c1cc(-c2cc(C(C)(C)C)c3oc4cccc(=O)c4c3[nH]2)nc(-n2c3ccccc3c3cnccc32)c1. The van der Waals surface area contributed by atoms with E-state index in [0.717, 1.165) is 50.1 Å². The third-order valence-electron chi connectivity index (χ3n) is 7.94. The molecule has 0 amide bonds. The number of aromatic nitrogens is 4. The van der Waals surface area contributed by atoms with Crippen LogP contribution < -0.4 is 5.43 Å². The summed E-state index contributed by atoms with van der Waals surface area (Å²) in [7, 11) is 0. The third-order valence-corrected chi connectivity index (χ3v) is 7.94. The van der Waals surface area contributed by atoms with Gasteiger partial charge in [0.05, 0.1) is 33.3 Å². The van der Waals surface area contributed by atoms with Gasteiger partial charge in [-0.2, -0.15) is 0 Å². The molecule has 0 unspecified atom stereocenters. The number of furan rings is 1. The lowest BCUT2D eigenvalue weighted by Gasteiger charge is -2.23. The first kappa shape index (κ1) is 25.3. The minimum Gasteiger partial charge on any atom is -0.454 e. The van der Waals surface area contributed by atoms with Crippen molar-refractivity contribution in [3.63, 3.8) is 0 Å². The van der Waals surface area contributed by atoms with Gasteiger partial charge >= 0.3 is 0 Å². The molecule has 6 heteroatoms. The molecule has 0 saturated heterocycles. The van der Waals surface area contributed by atoms with Crippen molar-refractivity contribution in [3.05, 3.63) is 100 Å². The van der Waals surface area contributed by atoms with Crippen LogP contribution in [0.5, 0.6) is 0 Å². The number of H-pyrrole nitrogens is 1. The zero-order valence-electron chi connectivity index (χ0n) is 24.2. The van der Waals surface area contributed by atoms with Crippen molar-refractivity contribution >= 4 is 43.9 Å². The van der Waals surface area contributed by atoms with Gasteiger partial charge in [-0.1, -0.05) is 65.8 Å². The molecule has 0 aliphatic rings. The van der Waals surface area contributed by atoms with E-state index in [-0.39, 0.29) is 16.3 Å². The second-order valence-corrected chi connectivity index (χ2v) is 12.9. The Morgan fingerprint density at radius 3 is 2.39 bits per heavy atom. The van der Waals surface area contributed by atoms with Crippen LogP contribution in [0.25, 0.3) is 61.1 Å². The van der Waals surface area contributed by atoms with E-state index < -0.39 is 0 Å². The van der Waals surface area contributed by atoms with Crippen molar-refractivity contribution < 1.29 is 4.42 Å². The van der Waals surface area contributed by atoms with E-state index in [2.05, 4.69) is 98.5 Å². The predicted octanol–water partition coefficient (Wildman–Crippen LogP) is 8.42. The average Bonchev–Trinajstić information content (AvgIpc) is 3.48. The number of hydrogen-bond donors (Lipinski definition) is 1. The molecule has 41 heavy (non-hydrogen) atoms. The number of rotatable bonds is 2. The Kier molecular flexibility index (Phi) is 5.33. The molecular weight excluding hydrogens is 508 g/mol. The Morgan fingerprint density at radius 2 is 1.61 bits per heavy atom. The number of hydrogen-bond acceptors (Lipinski definition) is 4. The highest BCUT2D eigenvalue weighted by atomic mass is 16.3.